The fraction of sp³-hybridized carbons (Fsp3) is 0.636. The largest absolute Gasteiger partial charge is 0.326 e. The Hall–Kier alpha value is -0.470. The van der Waals surface area contributed by atoms with Crippen molar-refractivity contribution in [2.45, 2.75) is 30.8 Å². The van der Waals surface area contributed by atoms with E-state index >= 15 is 0 Å². The highest BCUT2D eigenvalue weighted by Gasteiger charge is 2.25. The van der Waals surface area contributed by atoms with Crippen molar-refractivity contribution in [1.29, 1.82) is 0 Å². The molecule has 0 aliphatic heterocycles. The Bertz CT molecular complexity index is 492. The lowest BCUT2D eigenvalue weighted by molar-refractivity contribution is 0.199. The first kappa shape index (κ1) is 15.6. The third-order valence-electron chi connectivity index (χ3n) is 3.08. The highest BCUT2D eigenvalue weighted by molar-refractivity contribution is 7.89. The Morgan fingerprint density at radius 3 is 2.56 bits per heavy atom. The van der Waals surface area contributed by atoms with Crippen LogP contribution in [0.4, 0.5) is 0 Å². The molecule has 18 heavy (non-hydrogen) atoms. The number of sulfonamides is 1. The van der Waals surface area contributed by atoms with Crippen molar-refractivity contribution in [3.63, 3.8) is 0 Å². The lowest BCUT2D eigenvalue weighted by Gasteiger charge is -2.32. The smallest absolute Gasteiger partial charge is 0.241 e. The van der Waals surface area contributed by atoms with Gasteiger partial charge in [-0.3, -0.25) is 0 Å². The maximum atomic E-state index is 12.2. The van der Waals surface area contributed by atoms with E-state index in [1.165, 1.54) is 11.3 Å². The number of rotatable bonds is 6. The molecule has 0 fully saturated rings. The molecule has 0 amide bonds. The Labute approximate surface area is 113 Å². The van der Waals surface area contributed by atoms with Crippen LogP contribution in [0.3, 0.4) is 0 Å². The van der Waals surface area contributed by atoms with Gasteiger partial charge in [-0.2, -0.15) is 0 Å². The molecule has 1 aromatic rings. The van der Waals surface area contributed by atoms with E-state index < -0.39 is 10.0 Å². The first-order chi connectivity index (χ1) is 8.20. The quantitative estimate of drug-likeness (QED) is 0.814. The van der Waals surface area contributed by atoms with E-state index in [1.807, 2.05) is 32.8 Å². The number of hydrogen-bond acceptors (Lipinski definition) is 5. The highest BCUT2D eigenvalue weighted by Crippen LogP contribution is 2.21. The van der Waals surface area contributed by atoms with E-state index in [0.29, 0.717) is 16.3 Å². The van der Waals surface area contributed by atoms with Crippen LogP contribution >= 0.6 is 11.3 Å². The molecular weight excluding hydrogens is 270 g/mol. The molecule has 1 aromatic heterocycles. The van der Waals surface area contributed by atoms with Gasteiger partial charge in [0.05, 0.1) is 4.90 Å². The Morgan fingerprint density at radius 2 is 2.06 bits per heavy atom. The van der Waals surface area contributed by atoms with Crippen molar-refractivity contribution in [3.05, 3.63) is 16.3 Å². The standard InChI is InChI=1S/C11H21N3O2S2/c1-11(2,14(3)4)8-13-18(15,16)10-5-6-17-9(10)7-12/h5-6,13H,7-8,12H2,1-4H3. The Balaban J connectivity index is 2.84. The number of nitrogens with one attached hydrogen (secondary N) is 1. The van der Waals surface area contributed by atoms with E-state index in [-0.39, 0.29) is 12.1 Å². The van der Waals surface area contributed by atoms with Crippen LogP contribution in [-0.2, 0) is 16.6 Å². The second-order valence-corrected chi connectivity index (χ2v) is 7.68. The number of nitrogens with two attached hydrogens (primary N) is 1. The van der Waals surface area contributed by atoms with Crippen LogP contribution in [0.2, 0.25) is 0 Å². The molecule has 0 atom stereocenters. The van der Waals surface area contributed by atoms with Crippen LogP contribution in [0.25, 0.3) is 0 Å². The highest BCUT2D eigenvalue weighted by atomic mass is 32.2. The maximum absolute atomic E-state index is 12.2. The average Bonchev–Trinajstić information content (AvgIpc) is 2.75. The van der Waals surface area contributed by atoms with Gasteiger partial charge in [-0.1, -0.05) is 0 Å². The lowest BCUT2D eigenvalue weighted by Crippen LogP contribution is -2.48. The molecule has 1 heterocycles. The molecule has 0 aromatic carbocycles. The summed E-state index contributed by atoms with van der Waals surface area (Å²) >= 11 is 1.36. The van der Waals surface area contributed by atoms with Gasteiger partial charge >= 0.3 is 0 Å². The molecule has 0 aliphatic rings. The monoisotopic (exact) mass is 291 g/mol. The molecule has 5 nitrogen and oxygen atoms in total. The summed E-state index contributed by atoms with van der Waals surface area (Å²) in [4.78, 5) is 2.96. The third kappa shape index (κ3) is 3.52. The molecule has 0 bridgehead atoms. The van der Waals surface area contributed by atoms with E-state index in [0.717, 1.165) is 0 Å². The molecule has 0 saturated heterocycles. The lowest BCUT2D eigenvalue weighted by atomic mass is 10.1. The van der Waals surface area contributed by atoms with Gasteiger partial charge in [-0.15, -0.1) is 11.3 Å². The third-order valence-corrected chi connectivity index (χ3v) is 5.64. The van der Waals surface area contributed by atoms with Gasteiger partial charge in [-0.05, 0) is 39.4 Å². The van der Waals surface area contributed by atoms with Crippen LogP contribution in [-0.4, -0.2) is 39.5 Å². The summed E-state index contributed by atoms with van der Waals surface area (Å²) in [6, 6.07) is 1.60. The summed E-state index contributed by atoms with van der Waals surface area (Å²) in [5.74, 6) is 0. The number of hydrogen-bond donors (Lipinski definition) is 2. The molecule has 0 saturated carbocycles. The zero-order valence-electron chi connectivity index (χ0n) is 11.2. The van der Waals surface area contributed by atoms with Crippen molar-refractivity contribution in [3.8, 4) is 0 Å². The summed E-state index contributed by atoms with van der Waals surface area (Å²) in [5, 5.41) is 1.74. The van der Waals surface area contributed by atoms with Crippen molar-refractivity contribution in [2.24, 2.45) is 5.73 Å². The van der Waals surface area contributed by atoms with Gasteiger partial charge in [0.15, 0.2) is 0 Å². The van der Waals surface area contributed by atoms with Gasteiger partial charge in [0.1, 0.15) is 0 Å². The first-order valence-corrected chi connectivity index (χ1v) is 8.00. The number of nitrogens with zero attached hydrogens (tertiary/aromatic N) is 1. The molecule has 0 spiro atoms. The molecule has 0 aliphatic carbocycles. The van der Waals surface area contributed by atoms with Crippen molar-refractivity contribution in [2.75, 3.05) is 20.6 Å². The summed E-state index contributed by atoms with van der Waals surface area (Å²) in [6.07, 6.45) is 0. The van der Waals surface area contributed by atoms with Crippen molar-refractivity contribution in [1.82, 2.24) is 9.62 Å². The van der Waals surface area contributed by atoms with E-state index in [2.05, 4.69) is 4.72 Å². The molecule has 7 heteroatoms. The molecule has 1 rings (SSSR count). The van der Waals surface area contributed by atoms with Gasteiger partial charge in [0.2, 0.25) is 10.0 Å². The molecule has 0 radical (unpaired) electrons. The predicted octanol–water partition coefficient (Wildman–Crippen LogP) is 0.825. The minimum atomic E-state index is -3.47. The van der Waals surface area contributed by atoms with Gasteiger partial charge in [0.25, 0.3) is 0 Å². The molecule has 0 unspecified atom stereocenters. The van der Waals surface area contributed by atoms with Crippen molar-refractivity contribution < 1.29 is 8.42 Å². The van der Waals surface area contributed by atoms with Crippen LogP contribution in [0.5, 0.6) is 0 Å². The minimum absolute atomic E-state index is 0.241. The Kier molecular flexibility index (Phi) is 4.90. The molecule has 3 N–H and O–H groups in total. The van der Waals surface area contributed by atoms with Crippen LogP contribution in [0.1, 0.15) is 18.7 Å². The normalized spacial score (nSPS) is 13.2. The maximum Gasteiger partial charge on any atom is 0.241 e. The zero-order chi connectivity index (χ0) is 14.0. The van der Waals surface area contributed by atoms with E-state index in [4.69, 9.17) is 5.73 Å². The zero-order valence-corrected chi connectivity index (χ0v) is 12.9. The molecule has 104 valence electrons. The van der Waals surface area contributed by atoms with E-state index in [9.17, 15) is 8.42 Å². The molecular formula is C11H21N3O2S2. The Morgan fingerprint density at radius 1 is 1.44 bits per heavy atom. The summed E-state index contributed by atoms with van der Waals surface area (Å²) in [6.45, 7) is 4.55. The number of likely N-dealkylation sites (N-methyl/N-ethyl adjacent to an activating group) is 1. The fourth-order valence-electron chi connectivity index (χ4n) is 1.22. The second kappa shape index (κ2) is 5.66. The van der Waals surface area contributed by atoms with Crippen LogP contribution < -0.4 is 10.5 Å². The first-order valence-electron chi connectivity index (χ1n) is 5.64. The second-order valence-electron chi connectivity index (χ2n) is 4.94. The van der Waals surface area contributed by atoms with Crippen LogP contribution in [0, 0.1) is 0 Å². The van der Waals surface area contributed by atoms with Gasteiger partial charge < -0.3 is 10.6 Å². The van der Waals surface area contributed by atoms with Gasteiger partial charge in [0, 0.05) is 23.5 Å². The van der Waals surface area contributed by atoms with Gasteiger partial charge in [-0.25, -0.2) is 13.1 Å². The SMILES string of the molecule is CN(C)C(C)(C)CNS(=O)(=O)c1ccsc1CN. The summed E-state index contributed by atoms with van der Waals surface area (Å²) in [7, 11) is 0.369. The summed E-state index contributed by atoms with van der Waals surface area (Å²) < 4.78 is 27.0. The minimum Gasteiger partial charge on any atom is -0.326 e. The van der Waals surface area contributed by atoms with Crippen LogP contribution in [0.15, 0.2) is 16.3 Å². The predicted molar refractivity (Wildman–Crippen MR) is 75.2 cm³/mol. The van der Waals surface area contributed by atoms with E-state index in [1.54, 1.807) is 11.4 Å². The summed E-state index contributed by atoms with van der Waals surface area (Å²) in [5.41, 5.74) is 5.29. The van der Waals surface area contributed by atoms with Crippen molar-refractivity contribution >= 4 is 21.4 Å². The average molecular weight is 291 g/mol. The number of thiophene rings is 1. The fourth-order valence-corrected chi connectivity index (χ4v) is 3.76. The topological polar surface area (TPSA) is 75.4 Å².